The van der Waals surface area contributed by atoms with E-state index in [0.29, 0.717) is 25.1 Å². The number of carbonyl (C=O) groups excluding carboxylic acids is 3. The number of ether oxygens (including phenoxy) is 6. The highest BCUT2D eigenvalue weighted by Gasteiger charge is 2.54. The molecule has 2 saturated carbocycles. The van der Waals surface area contributed by atoms with Crippen LogP contribution in [0.3, 0.4) is 0 Å². The van der Waals surface area contributed by atoms with Crippen LogP contribution in [0.1, 0.15) is 87.0 Å². The molecule has 8 atom stereocenters. The van der Waals surface area contributed by atoms with Crippen molar-refractivity contribution in [3.63, 3.8) is 0 Å². The summed E-state index contributed by atoms with van der Waals surface area (Å²) in [4.78, 5) is 39.0. The molecule has 51 heavy (non-hydrogen) atoms. The number of aliphatic hydroxyl groups excluding tert-OH is 3. The van der Waals surface area contributed by atoms with E-state index in [1.165, 1.54) is 0 Å². The molecule has 1 aliphatic heterocycles. The maximum absolute atomic E-state index is 13.7. The van der Waals surface area contributed by atoms with Crippen molar-refractivity contribution in [1.82, 2.24) is 21.3 Å². The van der Waals surface area contributed by atoms with E-state index < -0.39 is 90.0 Å². The summed E-state index contributed by atoms with van der Waals surface area (Å²) in [5, 5.41) is 54.6. The average molecular weight is 733 g/mol. The average Bonchev–Trinajstić information content (AvgIpc) is 2.99. The molecule has 0 spiro atoms. The lowest BCUT2D eigenvalue weighted by Crippen LogP contribution is -2.70. The first kappa shape index (κ1) is 42.6. The Kier molecular flexibility index (Phi) is 15.3. The summed E-state index contributed by atoms with van der Waals surface area (Å²) in [6.45, 7) is 11.8. The van der Waals surface area contributed by atoms with Crippen LogP contribution in [-0.4, -0.2) is 137 Å². The van der Waals surface area contributed by atoms with Crippen LogP contribution in [0.4, 0.5) is 9.59 Å². The van der Waals surface area contributed by atoms with Crippen molar-refractivity contribution < 1.29 is 63.2 Å². The third-order valence-electron chi connectivity index (χ3n) is 8.42. The molecule has 2 fully saturated rings. The minimum Gasteiger partial charge on any atom is -0.468 e. The topological polar surface area (TPSA) is 236 Å². The van der Waals surface area contributed by atoms with Gasteiger partial charge in [0.2, 0.25) is 0 Å². The quantitative estimate of drug-likeness (QED) is 0.108. The SMILES string of the molecule is CC[C@@H](O)[C@H](OCCO)O[C@@H]1[C@@H](O)[C@H](O[C@@H]2CCC=C(CNC)O2)[C@@H](NC(=O)OC(C)(C)C)C[C@H]1NC(=O)C1(O)CC(NC(=O)OC(C)(C)C)C1. The van der Waals surface area contributed by atoms with Gasteiger partial charge in [0, 0.05) is 25.3 Å². The van der Waals surface area contributed by atoms with Crippen molar-refractivity contribution in [1.29, 1.82) is 0 Å². The van der Waals surface area contributed by atoms with E-state index in [0.717, 1.165) is 0 Å². The molecule has 3 amide bonds. The van der Waals surface area contributed by atoms with Crippen molar-refractivity contribution in [3.05, 3.63) is 11.8 Å². The summed E-state index contributed by atoms with van der Waals surface area (Å²) in [6, 6.07) is -2.58. The van der Waals surface area contributed by atoms with Gasteiger partial charge in [-0.3, -0.25) is 4.79 Å². The molecule has 0 unspecified atom stereocenters. The molecule has 294 valence electrons. The van der Waals surface area contributed by atoms with Crippen LogP contribution in [0.5, 0.6) is 0 Å². The lowest BCUT2D eigenvalue weighted by Gasteiger charge is -2.48. The molecule has 3 aliphatic rings. The lowest BCUT2D eigenvalue weighted by atomic mass is 9.74. The van der Waals surface area contributed by atoms with Gasteiger partial charge < -0.3 is 70.1 Å². The second-order valence-corrected chi connectivity index (χ2v) is 15.3. The first-order valence-corrected chi connectivity index (χ1v) is 17.7. The van der Waals surface area contributed by atoms with Crippen molar-refractivity contribution in [3.8, 4) is 0 Å². The van der Waals surface area contributed by atoms with Crippen LogP contribution in [-0.2, 0) is 33.2 Å². The lowest BCUT2D eigenvalue weighted by molar-refractivity contribution is -0.271. The number of hydrogen-bond acceptors (Lipinski definition) is 14. The Morgan fingerprint density at radius 3 is 2.18 bits per heavy atom. The van der Waals surface area contributed by atoms with Gasteiger partial charge in [0.1, 0.15) is 47.0 Å². The van der Waals surface area contributed by atoms with Crippen LogP contribution >= 0.6 is 0 Å². The van der Waals surface area contributed by atoms with Gasteiger partial charge in [-0.15, -0.1) is 0 Å². The molecule has 0 radical (unpaired) electrons. The molecule has 3 rings (SSSR count). The zero-order valence-corrected chi connectivity index (χ0v) is 31.1. The van der Waals surface area contributed by atoms with Gasteiger partial charge in [0.05, 0.1) is 31.8 Å². The second kappa shape index (κ2) is 18.3. The summed E-state index contributed by atoms with van der Waals surface area (Å²) in [6.07, 6.45) is -5.91. The minimum atomic E-state index is -1.88. The molecule has 2 aliphatic carbocycles. The van der Waals surface area contributed by atoms with E-state index in [1.807, 2.05) is 6.08 Å². The number of amides is 3. The van der Waals surface area contributed by atoms with Gasteiger partial charge in [0.15, 0.2) is 12.6 Å². The van der Waals surface area contributed by atoms with Crippen molar-refractivity contribution in [2.45, 2.75) is 159 Å². The Hall–Kier alpha value is -2.77. The number of nitrogens with one attached hydrogen (secondary N) is 4. The fourth-order valence-electron chi connectivity index (χ4n) is 6.09. The molecule has 0 saturated heterocycles. The Morgan fingerprint density at radius 2 is 1.61 bits per heavy atom. The molecule has 0 bridgehead atoms. The van der Waals surface area contributed by atoms with E-state index in [9.17, 15) is 34.8 Å². The van der Waals surface area contributed by atoms with Crippen LogP contribution in [0.25, 0.3) is 0 Å². The molecule has 8 N–H and O–H groups in total. The summed E-state index contributed by atoms with van der Waals surface area (Å²) >= 11 is 0. The number of rotatable bonds is 15. The van der Waals surface area contributed by atoms with E-state index in [-0.39, 0.29) is 38.9 Å². The number of allylic oxidation sites excluding steroid dienone is 1. The van der Waals surface area contributed by atoms with Gasteiger partial charge >= 0.3 is 12.2 Å². The maximum Gasteiger partial charge on any atom is 0.407 e. The van der Waals surface area contributed by atoms with Crippen LogP contribution < -0.4 is 21.3 Å². The molecular formula is C34H60N4O13. The van der Waals surface area contributed by atoms with E-state index in [1.54, 1.807) is 55.5 Å². The maximum atomic E-state index is 13.7. The Balaban J connectivity index is 1.90. The zero-order chi connectivity index (χ0) is 38.1. The standard InChI is InChI=1S/C34H60N4O13/c1-9-23(40)28(46-14-13-39)49-27-21(37-29(42)34(45)16-19(17-34)36-30(43)50-32(2,3)4)15-22(38-31(44)51-33(5,6)7)26(25(27)41)48-24-12-10-11-20(47-24)18-35-8/h11,19,21-28,35,39-41,45H,9-10,12-18H2,1-8H3,(H,36,43)(H,37,42)(H,38,44)/t19?,21-,22+,23-,24-,25+,26-,27+,28-,34?/m1/s1. The van der Waals surface area contributed by atoms with Crippen LogP contribution in [0.2, 0.25) is 0 Å². The first-order chi connectivity index (χ1) is 23.8. The largest absolute Gasteiger partial charge is 0.468 e. The smallest absolute Gasteiger partial charge is 0.407 e. The molecular weight excluding hydrogens is 672 g/mol. The third kappa shape index (κ3) is 13.0. The van der Waals surface area contributed by atoms with Crippen molar-refractivity contribution in [2.75, 3.05) is 26.8 Å². The summed E-state index contributed by atoms with van der Waals surface area (Å²) in [7, 11) is 1.77. The molecule has 17 nitrogen and oxygen atoms in total. The third-order valence-corrected chi connectivity index (χ3v) is 8.42. The zero-order valence-electron chi connectivity index (χ0n) is 31.1. The van der Waals surface area contributed by atoms with Crippen LogP contribution in [0, 0.1) is 0 Å². The highest BCUT2D eigenvalue weighted by atomic mass is 16.7. The summed E-state index contributed by atoms with van der Waals surface area (Å²) < 4.78 is 34.9. The van der Waals surface area contributed by atoms with E-state index >= 15 is 0 Å². The number of aliphatic hydroxyl groups is 4. The predicted molar refractivity (Wildman–Crippen MR) is 182 cm³/mol. The highest BCUT2D eigenvalue weighted by molar-refractivity contribution is 5.87. The Labute approximate surface area is 300 Å². The predicted octanol–water partition coefficient (Wildman–Crippen LogP) is 0.663. The normalized spacial score (nSPS) is 30.8. The number of alkyl carbamates (subject to hydrolysis) is 2. The number of hydrogen-bond donors (Lipinski definition) is 8. The monoisotopic (exact) mass is 732 g/mol. The molecule has 1 heterocycles. The first-order valence-electron chi connectivity index (χ1n) is 17.7. The Bertz CT molecular complexity index is 1180. The van der Waals surface area contributed by atoms with Crippen molar-refractivity contribution >= 4 is 18.1 Å². The second-order valence-electron chi connectivity index (χ2n) is 15.3. The minimum absolute atomic E-state index is 0.0755. The molecule has 0 aromatic rings. The van der Waals surface area contributed by atoms with Crippen LogP contribution in [0.15, 0.2) is 11.8 Å². The molecule has 17 heteroatoms. The van der Waals surface area contributed by atoms with Gasteiger partial charge in [0.25, 0.3) is 5.91 Å². The van der Waals surface area contributed by atoms with Crippen molar-refractivity contribution in [2.24, 2.45) is 0 Å². The van der Waals surface area contributed by atoms with Gasteiger partial charge in [-0.1, -0.05) is 6.92 Å². The number of carbonyl (C=O) groups is 3. The molecule has 0 aromatic carbocycles. The van der Waals surface area contributed by atoms with E-state index in [2.05, 4.69) is 21.3 Å². The Morgan fingerprint density at radius 1 is 1.00 bits per heavy atom. The molecule has 0 aromatic heterocycles. The fourth-order valence-corrected chi connectivity index (χ4v) is 6.09. The van der Waals surface area contributed by atoms with Gasteiger partial charge in [-0.2, -0.15) is 0 Å². The van der Waals surface area contributed by atoms with E-state index in [4.69, 9.17) is 28.4 Å². The highest BCUT2D eigenvalue weighted by Crippen LogP contribution is 2.35. The summed E-state index contributed by atoms with van der Waals surface area (Å²) in [5.41, 5.74) is -3.46. The fraction of sp³-hybridized carbons (Fsp3) is 0.853. The summed E-state index contributed by atoms with van der Waals surface area (Å²) in [5.74, 6) is -0.155. The number of likely N-dealkylation sites (N-methyl/N-ethyl adjacent to an activating group) is 1. The van der Waals surface area contributed by atoms with Gasteiger partial charge in [-0.05, 0) is 73.9 Å². The van der Waals surface area contributed by atoms with Gasteiger partial charge in [-0.25, -0.2) is 9.59 Å².